The molecule has 1 saturated heterocycles. The summed E-state index contributed by atoms with van der Waals surface area (Å²) in [7, 11) is 0. The highest BCUT2D eigenvalue weighted by Crippen LogP contribution is 2.20. The number of unbranched alkanes of at least 4 members (excludes halogenated alkanes) is 2. The molecule has 2 N–H and O–H groups in total. The van der Waals surface area contributed by atoms with E-state index >= 15 is 0 Å². The number of piperidine rings is 1. The highest BCUT2D eigenvalue weighted by atomic mass is 32.1. The van der Waals surface area contributed by atoms with Gasteiger partial charge in [-0.15, -0.1) is 0 Å². The molecule has 7 heteroatoms. The smallest absolute Gasteiger partial charge is 0.257 e. The van der Waals surface area contributed by atoms with E-state index in [0.29, 0.717) is 23.4 Å². The van der Waals surface area contributed by atoms with Gasteiger partial charge in [0, 0.05) is 18.7 Å². The molecule has 2 aromatic carbocycles. The van der Waals surface area contributed by atoms with Crippen LogP contribution < -0.4 is 15.4 Å². The number of ether oxygens (including phenoxy) is 1. The summed E-state index contributed by atoms with van der Waals surface area (Å²) in [5.74, 6) is 0.403. The van der Waals surface area contributed by atoms with Gasteiger partial charge in [-0.2, -0.15) is 0 Å². The lowest BCUT2D eigenvalue weighted by molar-refractivity contribution is 0.0725. The van der Waals surface area contributed by atoms with E-state index in [1.807, 2.05) is 17.0 Å². The predicted molar refractivity (Wildman–Crippen MR) is 131 cm³/mol. The third kappa shape index (κ3) is 6.79. The Morgan fingerprint density at radius 3 is 2.44 bits per heavy atom. The summed E-state index contributed by atoms with van der Waals surface area (Å²) in [4.78, 5) is 27.4. The minimum atomic E-state index is -0.320. The number of nitrogens with zero attached hydrogens (tertiary/aromatic N) is 1. The molecular weight excluding hydrogens is 422 g/mol. The fourth-order valence-corrected chi connectivity index (χ4v) is 3.82. The highest BCUT2D eigenvalue weighted by Gasteiger charge is 2.21. The van der Waals surface area contributed by atoms with Crippen LogP contribution in [0.5, 0.6) is 5.75 Å². The van der Waals surface area contributed by atoms with Gasteiger partial charge in [0.15, 0.2) is 5.11 Å². The molecule has 1 aliphatic heterocycles. The zero-order valence-electron chi connectivity index (χ0n) is 18.6. The van der Waals surface area contributed by atoms with Gasteiger partial charge in [0.05, 0.1) is 17.9 Å². The van der Waals surface area contributed by atoms with Crippen LogP contribution in [-0.2, 0) is 0 Å². The first-order chi connectivity index (χ1) is 15.6. The van der Waals surface area contributed by atoms with Gasteiger partial charge < -0.3 is 15.0 Å². The number of benzene rings is 2. The van der Waals surface area contributed by atoms with Crippen LogP contribution >= 0.6 is 12.2 Å². The summed E-state index contributed by atoms with van der Waals surface area (Å²) in [6.07, 6.45) is 6.51. The zero-order chi connectivity index (χ0) is 22.8. The number of thiocarbonyl (C=S) groups is 1. The molecular formula is C25H31N3O3S. The second-order valence-corrected chi connectivity index (χ2v) is 8.29. The first kappa shape index (κ1) is 23.7. The molecule has 1 heterocycles. The van der Waals surface area contributed by atoms with Crippen molar-refractivity contribution in [3.63, 3.8) is 0 Å². The number of likely N-dealkylation sites (tertiary alicyclic amines) is 1. The van der Waals surface area contributed by atoms with Crippen molar-refractivity contribution in [3.8, 4) is 5.75 Å². The maximum absolute atomic E-state index is 12.9. The second kappa shape index (κ2) is 12.2. The van der Waals surface area contributed by atoms with Crippen molar-refractivity contribution >= 4 is 34.8 Å². The molecule has 6 nitrogen and oxygen atoms in total. The maximum Gasteiger partial charge on any atom is 0.257 e. The molecule has 2 amide bonds. The van der Waals surface area contributed by atoms with Crippen molar-refractivity contribution in [2.45, 2.75) is 45.4 Å². The average molecular weight is 454 g/mol. The molecule has 0 atom stereocenters. The molecule has 0 aliphatic carbocycles. The van der Waals surface area contributed by atoms with Crippen LogP contribution in [0.1, 0.15) is 66.2 Å². The Kier molecular flexibility index (Phi) is 9.04. The maximum atomic E-state index is 12.9. The lowest BCUT2D eigenvalue weighted by atomic mass is 10.1. The van der Waals surface area contributed by atoms with Crippen molar-refractivity contribution in [2.24, 2.45) is 0 Å². The molecule has 0 radical (unpaired) electrons. The normalized spacial score (nSPS) is 13.3. The number of hydrogen-bond acceptors (Lipinski definition) is 4. The fraction of sp³-hybridized carbons (Fsp3) is 0.400. The summed E-state index contributed by atoms with van der Waals surface area (Å²) in [6.45, 7) is 4.36. The first-order valence-electron chi connectivity index (χ1n) is 11.3. The number of carbonyl (C=O) groups excluding carboxylic acids is 2. The molecule has 0 saturated carbocycles. The average Bonchev–Trinajstić information content (AvgIpc) is 2.82. The van der Waals surface area contributed by atoms with Gasteiger partial charge >= 0.3 is 0 Å². The molecule has 3 rings (SSSR count). The van der Waals surface area contributed by atoms with E-state index in [0.717, 1.165) is 57.4 Å². The molecule has 0 bridgehead atoms. The summed E-state index contributed by atoms with van der Waals surface area (Å²) >= 11 is 5.33. The summed E-state index contributed by atoms with van der Waals surface area (Å²) in [5.41, 5.74) is 1.62. The Bertz CT molecular complexity index is 924. The van der Waals surface area contributed by atoms with E-state index in [4.69, 9.17) is 17.0 Å². The quantitative estimate of drug-likeness (QED) is 0.434. The molecule has 1 aliphatic rings. The molecule has 1 fully saturated rings. The fourth-order valence-electron chi connectivity index (χ4n) is 3.62. The van der Waals surface area contributed by atoms with Crippen LogP contribution in [0.2, 0.25) is 0 Å². The van der Waals surface area contributed by atoms with E-state index < -0.39 is 0 Å². The SMILES string of the molecule is CCCCCOc1ccc(C(=O)NC(=S)Nc2ccccc2C(=O)N2CCCCC2)cc1. The third-order valence-corrected chi connectivity index (χ3v) is 5.61. The predicted octanol–water partition coefficient (Wildman–Crippen LogP) is 5.01. The Morgan fingerprint density at radius 1 is 1.00 bits per heavy atom. The largest absolute Gasteiger partial charge is 0.494 e. The van der Waals surface area contributed by atoms with Gasteiger partial charge in [0.2, 0.25) is 0 Å². The van der Waals surface area contributed by atoms with Gasteiger partial charge in [-0.05, 0) is 74.3 Å². The summed E-state index contributed by atoms with van der Waals surface area (Å²) < 4.78 is 5.68. The lowest BCUT2D eigenvalue weighted by Crippen LogP contribution is -2.37. The summed E-state index contributed by atoms with van der Waals surface area (Å²) in [6, 6.07) is 14.2. The van der Waals surface area contributed by atoms with Crippen LogP contribution in [0.15, 0.2) is 48.5 Å². The van der Waals surface area contributed by atoms with Gasteiger partial charge in [-0.1, -0.05) is 31.9 Å². The van der Waals surface area contributed by atoms with Gasteiger partial charge in [0.25, 0.3) is 11.8 Å². The Hall–Kier alpha value is -2.93. The minimum absolute atomic E-state index is 0.0172. The van der Waals surface area contributed by atoms with Gasteiger partial charge in [-0.3, -0.25) is 14.9 Å². The van der Waals surface area contributed by atoms with Crippen molar-refractivity contribution in [1.29, 1.82) is 0 Å². The van der Waals surface area contributed by atoms with Gasteiger partial charge in [-0.25, -0.2) is 0 Å². The number of anilines is 1. The number of amides is 2. The minimum Gasteiger partial charge on any atom is -0.494 e. The van der Waals surface area contributed by atoms with Crippen LogP contribution in [0.25, 0.3) is 0 Å². The standard InChI is InChI=1S/C25H31N3O3S/c1-2-3-9-18-31-20-14-12-19(13-15-20)23(29)27-25(32)26-22-11-6-5-10-21(22)24(30)28-16-7-4-8-17-28/h5-6,10-15H,2-4,7-9,16-18H2,1H3,(H2,26,27,29,32). The second-order valence-electron chi connectivity index (χ2n) is 7.89. The van der Waals surface area contributed by atoms with Crippen molar-refractivity contribution in [2.75, 3.05) is 25.0 Å². The summed E-state index contributed by atoms with van der Waals surface area (Å²) in [5, 5.41) is 5.84. The van der Waals surface area contributed by atoms with Crippen LogP contribution in [0.3, 0.4) is 0 Å². The van der Waals surface area contributed by atoms with Crippen molar-refractivity contribution in [1.82, 2.24) is 10.2 Å². The Labute approximate surface area is 195 Å². The molecule has 0 spiro atoms. The number of nitrogens with one attached hydrogen (secondary N) is 2. The van der Waals surface area contributed by atoms with Gasteiger partial charge in [0.1, 0.15) is 5.75 Å². The van der Waals surface area contributed by atoms with E-state index in [-0.39, 0.29) is 16.9 Å². The monoisotopic (exact) mass is 453 g/mol. The molecule has 0 aromatic heterocycles. The molecule has 170 valence electrons. The first-order valence-corrected chi connectivity index (χ1v) is 11.7. The van der Waals surface area contributed by atoms with E-state index in [1.165, 1.54) is 0 Å². The van der Waals surface area contributed by atoms with Crippen LogP contribution in [0.4, 0.5) is 5.69 Å². The highest BCUT2D eigenvalue weighted by molar-refractivity contribution is 7.80. The zero-order valence-corrected chi connectivity index (χ0v) is 19.4. The number of para-hydroxylation sites is 1. The van der Waals surface area contributed by atoms with E-state index in [9.17, 15) is 9.59 Å². The van der Waals surface area contributed by atoms with Crippen LogP contribution in [-0.4, -0.2) is 41.5 Å². The lowest BCUT2D eigenvalue weighted by Gasteiger charge is -2.27. The van der Waals surface area contributed by atoms with Crippen molar-refractivity contribution in [3.05, 3.63) is 59.7 Å². The Balaban J connectivity index is 1.56. The number of hydrogen-bond donors (Lipinski definition) is 2. The van der Waals surface area contributed by atoms with E-state index in [1.54, 1.807) is 36.4 Å². The molecule has 0 unspecified atom stereocenters. The Morgan fingerprint density at radius 2 is 1.72 bits per heavy atom. The molecule has 2 aromatic rings. The topological polar surface area (TPSA) is 70.7 Å². The van der Waals surface area contributed by atoms with Crippen molar-refractivity contribution < 1.29 is 14.3 Å². The van der Waals surface area contributed by atoms with Crippen LogP contribution in [0, 0.1) is 0 Å². The number of rotatable bonds is 8. The van der Waals surface area contributed by atoms with E-state index in [2.05, 4.69) is 17.6 Å². The molecule has 32 heavy (non-hydrogen) atoms. The third-order valence-electron chi connectivity index (χ3n) is 5.41. The number of carbonyl (C=O) groups is 2.